The summed E-state index contributed by atoms with van der Waals surface area (Å²) in [6.45, 7) is 8.68. The largest absolute Gasteiger partial charge is 0.379 e. The molecule has 1 saturated heterocycles. The van der Waals surface area contributed by atoms with E-state index in [9.17, 15) is 0 Å². The van der Waals surface area contributed by atoms with Crippen LogP contribution in [0.15, 0.2) is 18.3 Å². The van der Waals surface area contributed by atoms with Crippen LogP contribution in [-0.2, 0) is 11.2 Å². The highest BCUT2D eigenvalue weighted by Crippen LogP contribution is 2.22. The maximum atomic E-state index is 5.84. The van der Waals surface area contributed by atoms with Gasteiger partial charge in [0.25, 0.3) is 0 Å². The van der Waals surface area contributed by atoms with Crippen molar-refractivity contribution >= 4 is 22.6 Å². The van der Waals surface area contributed by atoms with Crippen LogP contribution in [-0.4, -0.2) is 70.8 Å². The number of pyridine rings is 1. The van der Waals surface area contributed by atoms with Crippen molar-refractivity contribution in [2.45, 2.75) is 19.8 Å². The zero-order chi connectivity index (χ0) is 18.6. The lowest BCUT2D eigenvalue weighted by Gasteiger charge is -2.28. The first-order chi connectivity index (χ1) is 13.2. The van der Waals surface area contributed by atoms with Crippen LogP contribution in [0.2, 0.25) is 0 Å². The van der Waals surface area contributed by atoms with E-state index in [2.05, 4.69) is 32.2 Å². The zero-order valence-corrected chi connectivity index (χ0v) is 15.8. The fraction of sp³-hybridized carbons (Fsp3) is 0.526. The van der Waals surface area contributed by atoms with Gasteiger partial charge in [-0.3, -0.25) is 4.90 Å². The van der Waals surface area contributed by atoms with Gasteiger partial charge in [0, 0.05) is 44.5 Å². The molecule has 2 aliphatic heterocycles. The number of nitrogens with one attached hydrogen (secondary N) is 1. The number of hydrogen-bond donors (Lipinski definition) is 2. The van der Waals surface area contributed by atoms with Crippen LogP contribution in [0.5, 0.6) is 0 Å². The molecule has 0 saturated carbocycles. The summed E-state index contributed by atoms with van der Waals surface area (Å²) in [5.74, 6) is 0.316. The molecule has 0 spiro atoms. The molecule has 0 bridgehead atoms. The van der Waals surface area contributed by atoms with Gasteiger partial charge in [-0.2, -0.15) is 0 Å². The third kappa shape index (κ3) is 4.18. The molecule has 0 amide bonds. The number of fused-ring (bicyclic) bond motifs is 1. The van der Waals surface area contributed by atoms with Crippen LogP contribution >= 0.6 is 0 Å². The van der Waals surface area contributed by atoms with Crippen LogP contribution < -0.4 is 11.2 Å². The van der Waals surface area contributed by atoms with E-state index in [1.807, 2.05) is 18.3 Å². The van der Waals surface area contributed by atoms with Crippen LogP contribution in [0.25, 0.3) is 16.6 Å². The van der Waals surface area contributed by atoms with E-state index >= 15 is 0 Å². The van der Waals surface area contributed by atoms with Crippen molar-refractivity contribution in [3.05, 3.63) is 29.7 Å². The lowest BCUT2D eigenvalue weighted by molar-refractivity contribution is 0.0327. The minimum absolute atomic E-state index is 0.316. The predicted molar refractivity (Wildman–Crippen MR) is 106 cm³/mol. The zero-order valence-electron chi connectivity index (χ0n) is 15.8. The summed E-state index contributed by atoms with van der Waals surface area (Å²) in [6.07, 6.45) is 3.89. The average molecular weight is 369 g/mol. The first-order valence-electron chi connectivity index (χ1n) is 9.66. The third-order valence-electron chi connectivity index (χ3n) is 5.02. The number of aromatic nitrogens is 3. The van der Waals surface area contributed by atoms with Gasteiger partial charge >= 0.3 is 0 Å². The molecule has 2 aromatic heterocycles. The Balaban J connectivity index is 1.44. The minimum atomic E-state index is 0.316. The molecule has 4 rings (SSSR count). The number of anilines is 1. The molecule has 0 aliphatic carbocycles. The third-order valence-corrected chi connectivity index (χ3v) is 5.02. The van der Waals surface area contributed by atoms with Gasteiger partial charge in [0.1, 0.15) is 5.52 Å². The Kier molecular flexibility index (Phi) is 5.47. The van der Waals surface area contributed by atoms with E-state index in [0.29, 0.717) is 5.95 Å². The number of hydrogen-bond acceptors (Lipinski definition) is 8. The summed E-state index contributed by atoms with van der Waals surface area (Å²) in [4.78, 5) is 16.0. The second-order valence-corrected chi connectivity index (χ2v) is 7.02. The fourth-order valence-corrected chi connectivity index (χ4v) is 3.54. The van der Waals surface area contributed by atoms with Crippen molar-refractivity contribution in [1.82, 2.24) is 30.3 Å². The second kappa shape index (κ2) is 8.16. The van der Waals surface area contributed by atoms with Crippen molar-refractivity contribution < 1.29 is 4.74 Å². The second-order valence-electron chi connectivity index (χ2n) is 7.02. The molecule has 0 aromatic carbocycles. The van der Waals surface area contributed by atoms with Crippen molar-refractivity contribution in [3.8, 4) is 0 Å². The average Bonchev–Trinajstić information content (AvgIpc) is 3.16. The summed E-state index contributed by atoms with van der Waals surface area (Å²) in [7, 11) is 0. The summed E-state index contributed by atoms with van der Waals surface area (Å²) in [5, 5.41) is 2.23. The Morgan fingerprint density at radius 2 is 2.00 bits per heavy atom. The number of nitrogens with two attached hydrogens (primary N) is 1. The maximum absolute atomic E-state index is 5.84. The monoisotopic (exact) mass is 369 g/mol. The Hall–Kier alpha value is -2.29. The first-order valence-corrected chi connectivity index (χ1v) is 9.66. The highest BCUT2D eigenvalue weighted by molar-refractivity contribution is 5.80. The van der Waals surface area contributed by atoms with E-state index in [1.54, 1.807) is 0 Å². The number of ether oxygens (including phenoxy) is 1. The van der Waals surface area contributed by atoms with Gasteiger partial charge in [0.05, 0.1) is 30.1 Å². The van der Waals surface area contributed by atoms with Gasteiger partial charge in [0.15, 0.2) is 0 Å². The molecule has 0 atom stereocenters. The van der Waals surface area contributed by atoms with Crippen molar-refractivity contribution in [1.29, 1.82) is 0 Å². The Morgan fingerprint density at radius 3 is 2.81 bits per heavy atom. The van der Waals surface area contributed by atoms with Gasteiger partial charge in [0.2, 0.25) is 5.95 Å². The lowest BCUT2D eigenvalue weighted by Crippen LogP contribution is -2.43. The Bertz CT molecular complexity index is 832. The van der Waals surface area contributed by atoms with Crippen molar-refractivity contribution in [2.75, 3.05) is 51.7 Å². The summed E-state index contributed by atoms with van der Waals surface area (Å²) >= 11 is 0. The van der Waals surface area contributed by atoms with E-state index in [0.717, 1.165) is 81.2 Å². The van der Waals surface area contributed by atoms with E-state index < -0.39 is 0 Å². The van der Waals surface area contributed by atoms with Crippen molar-refractivity contribution in [3.63, 3.8) is 0 Å². The fourth-order valence-electron chi connectivity index (χ4n) is 3.54. The summed E-state index contributed by atoms with van der Waals surface area (Å²) in [5.41, 5.74) is 13.9. The van der Waals surface area contributed by atoms with Gasteiger partial charge in [-0.15, -0.1) is 0 Å². The Morgan fingerprint density at radius 1 is 1.15 bits per heavy atom. The molecule has 8 heteroatoms. The molecule has 2 aliphatic rings. The van der Waals surface area contributed by atoms with E-state index in [-0.39, 0.29) is 0 Å². The molecule has 2 aromatic rings. The normalized spacial score (nSPS) is 18.6. The molecule has 144 valence electrons. The summed E-state index contributed by atoms with van der Waals surface area (Å²) < 4.78 is 5.41. The van der Waals surface area contributed by atoms with Crippen LogP contribution in [0.1, 0.15) is 24.7 Å². The SMILES string of the molecule is CCCc1nc(N)nc2ccc(C3=CNN(CCN4CCOCC4)C3)nc12. The van der Waals surface area contributed by atoms with Crippen molar-refractivity contribution in [2.24, 2.45) is 0 Å². The summed E-state index contributed by atoms with van der Waals surface area (Å²) in [6, 6.07) is 4.01. The smallest absolute Gasteiger partial charge is 0.220 e. The molecule has 3 N–H and O–H groups in total. The molecular formula is C19H27N7O. The number of morpholine rings is 1. The quantitative estimate of drug-likeness (QED) is 0.781. The number of nitrogens with zero attached hydrogens (tertiary/aromatic N) is 5. The molecule has 4 heterocycles. The van der Waals surface area contributed by atoms with Crippen LogP contribution in [0, 0.1) is 0 Å². The van der Waals surface area contributed by atoms with Crippen LogP contribution in [0.4, 0.5) is 5.95 Å². The number of aryl methyl sites for hydroxylation is 1. The molecule has 0 unspecified atom stereocenters. The Labute approximate surface area is 159 Å². The van der Waals surface area contributed by atoms with Gasteiger partial charge in [-0.05, 0) is 18.6 Å². The lowest BCUT2D eigenvalue weighted by atomic mass is 10.1. The number of nitrogen functional groups attached to an aromatic ring is 1. The highest BCUT2D eigenvalue weighted by Gasteiger charge is 2.19. The van der Waals surface area contributed by atoms with Gasteiger partial charge < -0.3 is 15.9 Å². The molecular weight excluding hydrogens is 342 g/mol. The molecule has 1 fully saturated rings. The first kappa shape index (κ1) is 18.1. The minimum Gasteiger partial charge on any atom is -0.379 e. The predicted octanol–water partition coefficient (Wildman–Crippen LogP) is 1.05. The molecule has 0 radical (unpaired) electrons. The molecule has 8 nitrogen and oxygen atoms in total. The number of hydrazine groups is 1. The molecule has 27 heavy (non-hydrogen) atoms. The standard InChI is InChI=1S/C19H27N7O/c1-2-3-16-18-17(24-19(20)23-16)5-4-15(22-18)14-12-21-26(13-14)7-6-25-8-10-27-11-9-25/h4-5,12,21H,2-3,6-11,13H2,1H3,(H2,20,23,24). The van der Waals surface area contributed by atoms with Gasteiger partial charge in [-0.25, -0.2) is 20.0 Å². The van der Waals surface area contributed by atoms with E-state index in [4.69, 9.17) is 15.5 Å². The van der Waals surface area contributed by atoms with Gasteiger partial charge in [-0.1, -0.05) is 13.3 Å². The van der Waals surface area contributed by atoms with E-state index in [1.165, 1.54) is 5.57 Å². The van der Waals surface area contributed by atoms with Crippen LogP contribution in [0.3, 0.4) is 0 Å². The maximum Gasteiger partial charge on any atom is 0.220 e. The topological polar surface area (TPSA) is 92.4 Å². The highest BCUT2D eigenvalue weighted by atomic mass is 16.5. The number of rotatable bonds is 6.